The normalized spacial score (nSPS) is 10.5. The number of anilines is 1. The summed E-state index contributed by atoms with van der Waals surface area (Å²) in [6.07, 6.45) is 2.41. The summed E-state index contributed by atoms with van der Waals surface area (Å²) in [5.74, 6) is 7.09. The molecule has 0 amide bonds. The second-order valence-corrected chi connectivity index (χ2v) is 5.18. The van der Waals surface area contributed by atoms with Crippen molar-refractivity contribution < 1.29 is 0 Å². The molecule has 0 aliphatic heterocycles. The van der Waals surface area contributed by atoms with Crippen LogP contribution in [0, 0.1) is 6.92 Å². The summed E-state index contributed by atoms with van der Waals surface area (Å²) in [5.41, 5.74) is 6.34. The standard InChI is InChI=1S/C14H18N4S/c1-3-12-13(18-15)16-9-17-14(12)19-8-11-7-5-4-6-10(11)2/h4-7,9H,3,8,15H2,1-2H3,(H,16,17,18). The van der Waals surface area contributed by atoms with E-state index in [2.05, 4.69) is 53.5 Å². The zero-order chi connectivity index (χ0) is 13.7. The molecule has 0 fully saturated rings. The van der Waals surface area contributed by atoms with Gasteiger partial charge in [0.05, 0.1) is 0 Å². The third kappa shape index (κ3) is 3.24. The van der Waals surface area contributed by atoms with Crippen LogP contribution in [0.5, 0.6) is 0 Å². The van der Waals surface area contributed by atoms with Gasteiger partial charge >= 0.3 is 0 Å². The molecule has 0 bridgehead atoms. The first-order valence-corrected chi connectivity index (χ1v) is 7.22. The van der Waals surface area contributed by atoms with Crippen molar-refractivity contribution >= 4 is 17.6 Å². The van der Waals surface area contributed by atoms with Crippen LogP contribution in [0.4, 0.5) is 5.82 Å². The van der Waals surface area contributed by atoms with Crippen molar-refractivity contribution in [2.45, 2.75) is 31.0 Å². The summed E-state index contributed by atoms with van der Waals surface area (Å²) in [5, 5.41) is 0.994. The molecule has 4 nitrogen and oxygen atoms in total. The summed E-state index contributed by atoms with van der Waals surface area (Å²) in [7, 11) is 0. The van der Waals surface area contributed by atoms with E-state index >= 15 is 0 Å². The van der Waals surface area contributed by atoms with Gasteiger partial charge in [-0.05, 0) is 24.5 Å². The van der Waals surface area contributed by atoms with Crippen LogP contribution in [0.1, 0.15) is 23.6 Å². The van der Waals surface area contributed by atoms with E-state index in [-0.39, 0.29) is 0 Å². The Balaban J connectivity index is 2.18. The summed E-state index contributed by atoms with van der Waals surface area (Å²) in [6.45, 7) is 4.21. The zero-order valence-corrected chi connectivity index (χ0v) is 12.0. The molecule has 5 heteroatoms. The Hall–Kier alpha value is -1.59. The quantitative estimate of drug-likeness (QED) is 0.380. The molecule has 0 saturated carbocycles. The molecule has 2 rings (SSSR count). The molecule has 0 spiro atoms. The smallest absolute Gasteiger partial charge is 0.147 e. The minimum absolute atomic E-state index is 0.713. The summed E-state index contributed by atoms with van der Waals surface area (Å²) >= 11 is 1.72. The van der Waals surface area contributed by atoms with Crippen molar-refractivity contribution in [3.8, 4) is 0 Å². The average molecular weight is 274 g/mol. The summed E-state index contributed by atoms with van der Waals surface area (Å²) in [6, 6.07) is 8.40. The fraction of sp³-hybridized carbons (Fsp3) is 0.286. The van der Waals surface area contributed by atoms with E-state index in [1.165, 1.54) is 11.1 Å². The predicted octanol–water partition coefficient (Wildman–Crippen LogP) is 2.93. The third-order valence-electron chi connectivity index (χ3n) is 3.02. The molecule has 0 aliphatic carbocycles. The number of thioether (sulfide) groups is 1. The number of hydrazine groups is 1. The van der Waals surface area contributed by atoms with Crippen LogP contribution < -0.4 is 11.3 Å². The van der Waals surface area contributed by atoms with E-state index < -0.39 is 0 Å². The number of nitrogen functional groups attached to an aromatic ring is 1. The van der Waals surface area contributed by atoms with Crippen LogP contribution in [-0.2, 0) is 12.2 Å². The SMILES string of the molecule is CCc1c(NN)ncnc1SCc1ccccc1C. The number of hydrogen-bond donors (Lipinski definition) is 2. The van der Waals surface area contributed by atoms with Crippen LogP contribution in [-0.4, -0.2) is 9.97 Å². The lowest BCUT2D eigenvalue weighted by atomic mass is 10.1. The molecule has 0 saturated heterocycles. The second-order valence-electron chi connectivity index (χ2n) is 4.22. The number of benzene rings is 1. The molecule has 1 aromatic carbocycles. The third-order valence-corrected chi connectivity index (χ3v) is 4.10. The van der Waals surface area contributed by atoms with Crippen molar-refractivity contribution in [3.63, 3.8) is 0 Å². The van der Waals surface area contributed by atoms with Gasteiger partial charge in [-0.25, -0.2) is 15.8 Å². The molecule has 0 atom stereocenters. The largest absolute Gasteiger partial charge is 0.308 e. The molecule has 0 radical (unpaired) electrons. The predicted molar refractivity (Wildman–Crippen MR) is 80.0 cm³/mol. The highest BCUT2D eigenvalue weighted by Crippen LogP contribution is 2.28. The monoisotopic (exact) mass is 274 g/mol. The van der Waals surface area contributed by atoms with E-state index in [4.69, 9.17) is 5.84 Å². The number of nitrogens with two attached hydrogens (primary N) is 1. The Kier molecular flexibility index (Phi) is 4.76. The molecule has 0 aliphatic rings. The van der Waals surface area contributed by atoms with Gasteiger partial charge in [-0.15, -0.1) is 11.8 Å². The zero-order valence-electron chi connectivity index (χ0n) is 11.2. The summed E-state index contributed by atoms with van der Waals surface area (Å²) < 4.78 is 0. The molecular weight excluding hydrogens is 256 g/mol. The lowest BCUT2D eigenvalue weighted by Gasteiger charge is -2.11. The topological polar surface area (TPSA) is 63.8 Å². The van der Waals surface area contributed by atoms with Crippen molar-refractivity contribution in [1.29, 1.82) is 0 Å². The Morgan fingerprint density at radius 3 is 2.74 bits per heavy atom. The number of hydrogen-bond acceptors (Lipinski definition) is 5. The first-order chi connectivity index (χ1) is 9.26. The average Bonchev–Trinajstić information content (AvgIpc) is 2.45. The molecule has 0 unspecified atom stereocenters. The molecule has 1 heterocycles. The second kappa shape index (κ2) is 6.54. The van der Waals surface area contributed by atoms with E-state index in [0.29, 0.717) is 5.82 Å². The van der Waals surface area contributed by atoms with Crippen molar-refractivity contribution in [3.05, 3.63) is 47.3 Å². The Labute approximate surface area is 117 Å². The lowest BCUT2D eigenvalue weighted by Crippen LogP contribution is -2.12. The van der Waals surface area contributed by atoms with Crippen LogP contribution >= 0.6 is 11.8 Å². The van der Waals surface area contributed by atoms with Gasteiger partial charge in [0, 0.05) is 11.3 Å². The number of rotatable bonds is 5. The van der Waals surface area contributed by atoms with E-state index in [1.807, 2.05) is 0 Å². The van der Waals surface area contributed by atoms with Gasteiger partial charge in [-0.3, -0.25) is 0 Å². The Bertz CT molecular complexity index is 557. The van der Waals surface area contributed by atoms with Gasteiger partial charge in [-0.1, -0.05) is 31.2 Å². The van der Waals surface area contributed by atoms with Gasteiger partial charge in [-0.2, -0.15) is 0 Å². The molecule has 3 N–H and O–H groups in total. The van der Waals surface area contributed by atoms with E-state index in [1.54, 1.807) is 18.1 Å². The minimum atomic E-state index is 0.713. The highest BCUT2D eigenvalue weighted by molar-refractivity contribution is 7.98. The van der Waals surface area contributed by atoms with E-state index in [0.717, 1.165) is 22.8 Å². The molecule has 19 heavy (non-hydrogen) atoms. The maximum Gasteiger partial charge on any atom is 0.147 e. The molecular formula is C14H18N4S. The van der Waals surface area contributed by atoms with E-state index in [9.17, 15) is 0 Å². The van der Waals surface area contributed by atoms with Crippen LogP contribution in [0.15, 0.2) is 35.6 Å². The van der Waals surface area contributed by atoms with Gasteiger partial charge in [0.15, 0.2) is 0 Å². The first kappa shape index (κ1) is 13.8. The van der Waals surface area contributed by atoms with Crippen molar-refractivity contribution in [1.82, 2.24) is 9.97 Å². The maximum atomic E-state index is 5.48. The highest BCUT2D eigenvalue weighted by Gasteiger charge is 2.10. The summed E-state index contributed by atoms with van der Waals surface area (Å²) in [4.78, 5) is 8.50. The first-order valence-electron chi connectivity index (χ1n) is 6.24. The number of nitrogens with one attached hydrogen (secondary N) is 1. The van der Waals surface area contributed by atoms with Crippen molar-refractivity contribution in [2.24, 2.45) is 5.84 Å². The van der Waals surface area contributed by atoms with Crippen LogP contribution in [0.3, 0.4) is 0 Å². The Morgan fingerprint density at radius 1 is 1.26 bits per heavy atom. The van der Waals surface area contributed by atoms with Gasteiger partial charge < -0.3 is 5.43 Å². The Morgan fingerprint density at radius 2 is 2.05 bits per heavy atom. The molecule has 100 valence electrons. The highest BCUT2D eigenvalue weighted by atomic mass is 32.2. The molecule has 2 aromatic rings. The number of nitrogens with zero attached hydrogens (tertiary/aromatic N) is 2. The van der Waals surface area contributed by atoms with Crippen LogP contribution in [0.25, 0.3) is 0 Å². The van der Waals surface area contributed by atoms with Gasteiger partial charge in [0.25, 0.3) is 0 Å². The number of aryl methyl sites for hydroxylation is 1. The van der Waals surface area contributed by atoms with Gasteiger partial charge in [0.2, 0.25) is 0 Å². The minimum Gasteiger partial charge on any atom is -0.308 e. The maximum absolute atomic E-state index is 5.48. The fourth-order valence-corrected chi connectivity index (χ4v) is 3.03. The van der Waals surface area contributed by atoms with Crippen LogP contribution in [0.2, 0.25) is 0 Å². The van der Waals surface area contributed by atoms with Crippen molar-refractivity contribution in [2.75, 3.05) is 5.43 Å². The lowest BCUT2D eigenvalue weighted by molar-refractivity contribution is 0.940. The molecule has 1 aromatic heterocycles. The number of aromatic nitrogens is 2. The fourth-order valence-electron chi connectivity index (χ4n) is 1.88. The van der Waals surface area contributed by atoms with Gasteiger partial charge in [0.1, 0.15) is 17.2 Å².